The van der Waals surface area contributed by atoms with Crippen LogP contribution in [0.2, 0.25) is 18.5 Å². The Hall–Kier alpha value is 0.260. The van der Waals surface area contributed by atoms with E-state index in [0.29, 0.717) is 5.82 Å². The van der Waals surface area contributed by atoms with Gasteiger partial charge in [-0.15, -0.1) is 0 Å². The first kappa shape index (κ1) is 15.3. The highest BCUT2D eigenvalue weighted by Gasteiger charge is 2.11. The van der Waals surface area contributed by atoms with E-state index in [0.717, 1.165) is 5.82 Å². The van der Waals surface area contributed by atoms with Gasteiger partial charge >= 0.3 is 0 Å². The normalized spacial score (nSPS) is 28.5. The fraction of sp³-hybridized carbons (Fsp3) is 1.00. The van der Waals surface area contributed by atoms with E-state index in [2.05, 4.69) is 21.2 Å². The summed E-state index contributed by atoms with van der Waals surface area (Å²) in [4.78, 5) is 0. The van der Waals surface area contributed by atoms with Gasteiger partial charge < -0.3 is 0 Å². The van der Waals surface area contributed by atoms with Gasteiger partial charge in [0.05, 0.1) is 21.5 Å². The van der Waals surface area contributed by atoms with Crippen LogP contribution in [0.4, 0.5) is 0 Å². The summed E-state index contributed by atoms with van der Waals surface area (Å²) in [5.74, 6) is 1.53. The molecule has 0 N–H and O–H groups in total. The van der Waals surface area contributed by atoms with E-state index in [-0.39, 0.29) is 0 Å². The second kappa shape index (κ2) is 10.2. The van der Waals surface area contributed by atoms with Crippen molar-refractivity contribution >= 4 is 29.2 Å². The molecule has 1 aliphatic carbocycles. The molecule has 1 fully saturated rings. The molecule has 5 radical (unpaired) electrons. The smallest absolute Gasteiger partial charge is 0.0691 e. The zero-order valence-corrected chi connectivity index (χ0v) is 11.5. The minimum absolute atomic E-state index is 0.681. The fourth-order valence-electron chi connectivity index (χ4n) is 2.93. The lowest BCUT2D eigenvalue weighted by Crippen LogP contribution is -2.10. The largest absolute Gasteiger partial charge is 0.0999 e. The standard InChI is InChI=1S/C13H25B4/c1-15-17-13-10-6-2-4-8-12(16-14)9-5-3-7-11-13/h12-13H,2-11H2,1H3. The molecule has 0 saturated heterocycles. The van der Waals surface area contributed by atoms with Gasteiger partial charge in [-0.2, -0.15) is 0 Å². The average Bonchev–Trinajstić information content (AvgIpc) is 2.33. The highest BCUT2D eigenvalue weighted by atomic mass is 14.1. The van der Waals surface area contributed by atoms with E-state index in [9.17, 15) is 0 Å². The Morgan fingerprint density at radius 3 is 1.65 bits per heavy atom. The monoisotopic (exact) mass is 225 g/mol. The zero-order valence-electron chi connectivity index (χ0n) is 11.5. The SMILES string of the molecule is [B][B]C1CCCCCC([B][B]C)CCCCC1. The lowest BCUT2D eigenvalue weighted by molar-refractivity contribution is 0.503. The Morgan fingerprint density at radius 2 is 1.24 bits per heavy atom. The summed E-state index contributed by atoms with van der Waals surface area (Å²) in [6.45, 7) is 2.15. The molecule has 17 heavy (non-hydrogen) atoms. The number of hydrogen-bond donors (Lipinski definition) is 0. The third-order valence-electron chi connectivity index (χ3n) is 4.04. The molecule has 0 spiro atoms. The lowest BCUT2D eigenvalue weighted by Gasteiger charge is -2.19. The summed E-state index contributed by atoms with van der Waals surface area (Å²) in [5.41, 5.74) is 0. The van der Waals surface area contributed by atoms with Crippen molar-refractivity contribution in [3.05, 3.63) is 0 Å². The Labute approximate surface area is 112 Å². The van der Waals surface area contributed by atoms with Gasteiger partial charge in [0, 0.05) is 7.74 Å². The van der Waals surface area contributed by atoms with Gasteiger partial charge in [-0.3, -0.25) is 0 Å². The van der Waals surface area contributed by atoms with Crippen molar-refractivity contribution in [3.8, 4) is 0 Å². The first-order valence-corrected chi connectivity index (χ1v) is 7.54. The van der Waals surface area contributed by atoms with Crippen LogP contribution < -0.4 is 0 Å². The molecule has 0 unspecified atom stereocenters. The fourth-order valence-corrected chi connectivity index (χ4v) is 2.93. The maximum atomic E-state index is 5.71. The van der Waals surface area contributed by atoms with Crippen molar-refractivity contribution in [2.75, 3.05) is 0 Å². The van der Waals surface area contributed by atoms with Crippen LogP contribution in [-0.4, -0.2) is 29.2 Å². The Morgan fingerprint density at radius 1 is 0.765 bits per heavy atom. The van der Waals surface area contributed by atoms with E-state index in [1.54, 1.807) is 0 Å². The molecule has 0 aromatic carbocycles. The van der Waals surface area contributed by atoms with Crippen LogP contribution in [0.25, 0.3) is 0 Å². The molecule has 0 aromatic heterocycles. The van der Waals surface area contributed by atoms with Gasteiger partial charge in [-0.05, 0) is 0 Å². The van der Waals surface area contributed by atoms with E-state index in [4.69, 9.17) is 7.74 Å². The molecule has 4 heteroatoms. The van der Waals surface area contributed by atoms with Crippen LogP contribution in [0, 0.1) is 0 Å². The summed E-state index contributed by atoms with van der Waals surface area (Å²) in [7, 11) is 12.3. The van der Waals surface area contributed by atoms with Crippen LogP contribution in [0.1, 0.15) is 64.2 Å². The molecule has 89 valence electrons. The first-order valence-electron chi connectivity index (χ1n) is 7.54. The van der Waals surface area contributed by atoms with Gasteiger partial charge in [-0.25, -0.2) is 0 Å². The molecule has 0 aliphatic heterocycles. The zero-order chi connectivity index (χ0) is 12.3. The summed E-state index contributed by atoms with van der Waals surface area (Å²) in [6, 6.07) is 0. The second-order valence-corrected chi connectivity index (χ2v) is 5.51. The molecule has 1 saturated carbocycles. The molecule has 0 atom stereocenters. The second-order valence-electron chi connectivity index (χ2n) is 5.51. The molecule has 0 amide bonds. The maximum Gasteiger partial charge on any atom is 0.0691 e. The van der Waals surface area contributed by atoms with Crippen LogP contribution in [0.15, 0.2) is 0 Å². The highest BCUT2D eigenvalue weighted by molar-refractivity contribution is 7.00. The lowest BCUT2D eigenvalue weighted by atomic mass is 9.34. The van der Waals surface area contributed by atoms with E-state index in [1.165, 1.54) is 64.2 Å². The predicted molar refractivity (Wildman–Crippen MR) is 82.6 cm³/mol. The van der Waals surface area contributed by atoms with E-state index < -0.39 is 0 Å². The van der Waals surface area contributed by atoms with Crippen LogP contribution in [0.3, 0.4) is 0 Å². The first-order chi connectivity index (χ1) is 8.36. The molecule has 1 aliphatic rings. The van der Waals surface area contributed by atoms with Crippen molar-refractivity contribution in [1.82, 2.24) is 0 Å². The summed E-state index contributed by atoms with van der Waals surface area (Å²) >= 11 is 0. The predicted octanol–water partition coefficient (Wildman–Crippen LogP) is 3.64. The number of rotatable bonds is 3. The highest BCUT2D eigenvalue weighted by Crippen LogP contribution is 2.27. The quantitative estimate of drug-likeness (QED) is 0.642. The molecular weight excluding hydrogens is 199 g/mol. The van der Waals surface area contributed by atoms with Gasteiger partial charge in [0.25, 0.3) is 0 Å². The minimum atomic E-state index is 0.681. The van der Waals surface area contributed by atoms with Crippen molar-refractivity contribution in [2.24, 2.45) is 0 Å². The summed E-state index contributed by atoms with van der Waals surface area (Å²) < 4.78 is 0. The molecule has 1 rings (SSSR count). The van der Waals surface area contributed by atoms with Crippen molar-refractivity contribution in [2.45, 2.75) is 82.7 Å². The van der Waals surface area contributed by atoms with E-state index in [1.807, 2.05) is 7.17 Å². The third kappa shape index (κ3) is 7.32. The maximum absolute atomic E-state index is 5.71. The van der Waals surface area contributed by atoms with Gasteiger partial charge in [0.2, 0.25) is 0 Å². The van der Waals surface area contributed by atoms with Crippen molar-refractivity contribution < 1.29 is 0 Å². The average molecular weight is 225 g/mol. The van der Waals surface area contributed by atoms with Crippen molar-refractivity contribution in [3.63, 3.8) is 0 Å². The number of hydrogen-bond acceptors (Lipinski definition) is 0. The Balaban J connectivity index is 2.27. The van der Waals surface area contributed by atoms with E-state index >= 15 is 0 Å². The van der Waals surface area contributed by atoms with Crippen molar-refractivity contribution in [1.29, 1.82) is 0 Å². The molecule has 0 aromatic rings. The molecule has 0 heterocycles. The van der Waals surface area contributed by atoms with Crippen LogP contribution >= 0.6 is 0 Å². The minimum Gasteiger partial charge on any atom is -0.0999 e. The topological polar surface area (TPSA) is 0 Å². The van der Waals surface area contributed by atoms with Crippen LogP contribution in [0.5, 0.6) is 0 Å². The third-order valence-corrected chi connectivity index (χ3v) is 4.04. The summed E-state index contributed by atoms with van der Waals surface area (Å²) in [5, 5.41) is 0. The van der Waals surface area contributed by atoms with Crippen LogP contribution in [-0.2, 0) is 0 Å². The van der Waals surface area contributed by atoms with Gasteiger partial charge in [0.1, 0.15) is 0 Å². The molecule has 0 nitrogen and oxygen atoms in total. The molecular formula is C13H25B4. The van der Waals surface area contributed by atoms with Gasteiger partial charge in [-0.1, -0.05) is 82.7 Å². The summed E-state index contributed by atoms with van der Waals surface area (Å²) in [6.07, 6.45) is 13.7. The molecule has 0 bridgehead atoms. The Bertz CT molecular complexity index is 161. The Kier molecular flexibility index (Phi) is 9.20. The van der Waals surface area contributed by atoms with Gasteiger partial charge in [0.15, 0.2) is 0 Å².